The first kappa shape index (κ1) is 24.5. The van der Waals surface area contributed by atoms with Gasteiger partial charge in [0.2, 0.25) is 11.7 Å². The van der Waals surface area contributed by atoms with Gasteiger partial charge in [0.1, 0.15) is 0 Å². The van der Waals surface area contributed by atoms with E-state index in [1.54, 1.807) is 0 Å². The Labute approximate surface area is 187 Å². The van der Waals surface area contributed by atoms with Gasteiger partial charge in [-0.3, -0.25) is 25.2 Å². The third-order valence-electron chi connectivity index (χ3n) is 4.14. The molecule has 0 saturated heterocycles. The second-order valence-electron chi connectivity index (χ2n) is 6.54. The number of hydrogen-bond donors (Lipinski definition) is 3. The molecule has 3 N–H and O–H groups in total. The minimum absolute atomic E-state index is 0.160. The number of nitrogens with one attached hydrogen (secondary N) is 3. The van der Waals surface area contributed by atoms with Gasteiger partial charge in [0.15, 0.2) is 11.5 Å². The van der Waals surface area contributed by atoms with Crippen molar-refractivity contribution < 1.29 is 28.6 Å². The molecule has 0 aliphatic heterocycles. The minimum atomic E-state index is -0.570. The molecule has 9 heteroatoms. The van der Waals surface area contributed by atoms with E-state index in [4.69, 9.17) is 14.2 Å². The van der Waals surface area contributed by atoms with Crippen molar-refractivity contribution in [2.24, 2.45) is 0 Å². The molecule has 0 aliphatic carbocycles. The summed E-state index contributed by atoms with van der Waals surface area (Å²) in [4.78, 5) is 36.5. The lowest BCUT2D eigenvalue weighted by Gasteiger charge is -2.17. The zero-order valence-electron chi connectivity index (χ0n) is 18.5. The molecule has 32 heavy (non-hydrogen) atoms. The van der Waals surface area contributed by atoms with E-state index in [2.05, 4.69) is 16.2 Å². The number of carbonyl (C=O) groups excluding carboxylic acids is 3. The molecule has 0 bridgehead atoms. The van der Waals surface area contributed by atoms with E-state index in [1.807, 2.05) is 51.1 Å². The fourth-order valence-electron chi connectivity index (χ4n) is 2.79. The Kier molecular flexibility index (Phi) is 9.83. The van der Waals surface area contributed by atoms with Gasteiger partial charge in [-0.25, -0.2) is 0 Å². The summed E-state index contributed by atoms with van der Waals surface area (Å²) in [5.41, 5.74) is 5.65. The molecular formula is C23H29N3O6. The molecular weight excluding hydrogens is 414 g/mol. The number of rotatable bonds is 11. The SMILES string of the molecule is CCOc1cc(C(=O)NNC(=O)CNC(=O)Cc2ccccc2)cc(OCC)c1OCC. The minimum Gasteiger partial charge on any atom is -0.490 e. The Morgan fingerprint density at radius 2 is 1.38 bits per heavy atom. The number of ether oxygens (including phenoxy) is 3. The molecule has 0 heterocycles. The average Bonchev–Trinajstić information content (AvgIpc) is 2.79. The highest BCUT2D eigenvalue weighted by molar-refractivity contribution is 5.97. The van der Waals surface area contributed by atoms with Crippen LogP contribution in [0.3, 0.4) is 0 Å². The molecule has 2 aromatic rings. The molecule has 0 saturated carbocycles. The maximum absolute atomic E-state index is 12.5. The molecule has 0 unspecified atom stereocenters. The number of benzene rings is 2. The van der Waals surface area contributed by atoms with Crippen LogP contribution in [-0.2, 0) is 16.0 Å². The first-order chi connectivity index (χ1) is 15.5. The highest BCUT2D eigenvalue weighted by Gasteiger charge is 2.18. The number of amides is 3. The normalized spacial score (nSPS) is 10.1. The molecule has 172 valence electrons. The van der Waals surface area contributed by atoms with Crippen molar-refractivity contribution in [2.75, 3.05) is 26.4 Å². The van der Waals surface area contributed by atoms with Crippen molar-refractivity contribution in [3.8, 4) is 17.2 Å². The molecule has 2 aromatic carbocycles. The maximum atomic E-state index is 12.5. The van der Waals surface area contributed by atoms with Gasteiger partial charge in [0.25, 0.3) is 11.8 Å². The van der Waals surface area contributed by atoms with Crippen LogP contribution in [0.1, 0.15) is 36.7 Å². The summed E-state index contributed by atoms with van der Waals surface area (Å²) in [6.07, 6.45) is 0.160. The van der Waals surface area contributed by atoms with Crippen LogP contribution in [0.4, 0.5) is 0 Å². The van der Waals surface area contributed by atoms with Gasteiger partial charge in [-0.1, -0.05) is 30.3 Å². The van der Waals surface area contributed by atoms with Crippen LogP contribution in [0.2, 0.25) is 0 Å². The van der Waals surface area contributed by atoms with E-state index in [-0.39, 0.29) is 24.4 Å². The molecule has 3 amide bonds. The van der Waals surface area contributed by atoms with Crippen LogP contribution < -0.4 is 30.4 Å². The second kappa shape index (κ2) is 12.8. The van der Waals surface area contributed by atoms with Gasteiger partial charge >= 0.3 is 0 Å². The van der Waals surface area contributed by atoms with E-state index in [0.717, 1.165) is 5.56 Å². The summed E-state index contributed by atoms with van der Waals surface area (Å²) >= 11 is 0. The predicted octanol–water partition coefficient (Wildman–Crippen LogP) is 2.00. The lowest BCUT2D eigenvalue weighted by molar-refractivity contribution is -0.126. The lowest BCUT2D eigenvalue weighted by Crippen LogP contribution is -2.46. The van der Waals surface area contributed by atoms with Crippen molar-refractivity contribution in [3.05, 3.63) is 53.6 Å². The monoisotopic (exact) mass is 443 g/mol. The lowest BCUT2D eigenvalue weighted by atomic mass is 10.1. The van der Waals surface area contributed by atoms with Crippen LogP contribution in [0.15, 0.2) is 42.5 Å². The Balaban J connectivity index is 1.94. The van der Waals surface area contributed by atoms with Crippen LogP contribution in [0, 0.1) is 0 Å². The summed E-state index contributed by atoms with van der Waals surface area (Å²) < 4.78 is 16.8. The highest BCUT2D eigenvalue weighted by atomic mass is 16.5. The second-order valence-corrected chi connectivity index (χ2v) is 6.54. The fourth-order valence-corrected chi connectivity index (χ4v) is 2.79. The summed E-state index contributed by atoms with van der Waals surface area (Å²) in [7, 11) is 0. The zero-order valence-corrected chi connectivity index (χ0v) is 18.5. The van der Waals surface area contributed by atoms with E-state index in [0.29, 0.717) is 37.1 Å². The standard InChI is InChI=1S/C23H29N3O6/c1-4-30-18-13-17(14-19(31-5-2)22(18)32-6-3)23(29)26-25-21(28)15-24-20(27)12-16-10-8-7-9-11-16/h7-11,13-14H,4-6,12,15H2,1-3H3,(H,24,27)(H,25,28)(H,26,29). The van der Waals surface area contributed by atoms with Gasteiger partial charge < -0.3 is 19.5 Å². The highest BCUT2D eigenvalue weighted by Crippen LogP contribution is 2.39. The van der Waals surface area contributed by atoms with Crippen LogP contribution in [0.25, 0.3) is 0 Å². The number of hydrogen-bond acceptors (Lipinski definition) is 6. The fraction of sp³-hybridized carbons (Fsp3) is 0.348. The van der Waals surface area contributed by atoms with Crippen molar-refractivity contribution >= 4 is 17.7 Å². The summed E-state index contributed by atoms with van der Waals surface area (Å²) in [6, 6.07) is 12.2. The largest absolute Gasteiger partial charge is 0.490 e. The van der Waals surface area contributed by atoms with Crippen LogP contribution in [0.5, 0.6) is 17.2 Å². The van der Waals surface area contributed by atoms with E-state index in [1.165, 1.54) is 12.1 Å². The van der Waals surface area contributed by atoms with Gasteiger partial charge in [-0.05, 0) is 38.5 Å². The van der Waals surface area contributed by atoms with Gasteiger partial charge in [-0.2, -0.15) is 0 Å². The van der Waals surface area contributed by atoms with Crippen LogP contribution in [-0.4, -0.2) is 44.1 Å². The molecule has 2 rings (SSSR count). The number of carbonyl (C=O) groups is 3. The van der Waals surface area contributed by atoms with E-state index < -0.39 is 11.8 Å². The summed E-state index contributed by atoms with van der Waals surface area (Å²) in [6.45, 7) is 6.33. The third-order valence-corrected chi connectivity index (χ3v) is 4.14. The first-order valence-electron chi connectivity index (χ1n) is 10.4. The molecule has 9 nitrogen and oxygen atoms in total. The number of hydrazine groups is 1. The van der Waals surface area contributed by atoms with Crippen LogP contribution >= 0.6 is 0 Å². The summed E-state index contributed by atoms with van der Waals surface area (Å²) in [5, 5.41) is 2.51. The van der Waals surface area contributed by atoms with Gasteiger partial charge in [0, 0.05) is 5.56 Å². The molecule has 0 radical (unpaired) electrons. The van der Waals surface area contributed by atoms with Gasteiger partial charge in [0.05, 0.1) is 32.8 Å². The predicted molar refractivity (Wildman–Crippen MR) is 119 cm³/mol. The average molecular weight is 444 g/mol. The van der Waals surface area contributed by atoms with Crippen molar-refractivity contribution in [2.45, 2.75) is 27.2 Å². The maximum Gasteiger partial charge on any atom is 0.269 e. The molecule has 0 aromatic heterocycles. The van der Waals surface area contributed by atoms with Gasteiger partial charge in [-0.15, -0.1) is 0 Å². The van der Waals surface area contributed by atoms with Crippen molar-refractivity contribution in [1.29, 1.82) is 0 Å². The Hall–Kier alpha value is -3.75. The topological polar surface area (TPSA) is 115 Å². The summed E-state index contributed by atoms with van der Waals surface area (Å²) in [5.74, 6) is -0.292. The smallest absolute Gasteiger partial charge is 0.269 e. The van der Waals surface area contributed by atoms with Crippen molar-refractivity contribution in [1.82, 2.24) is 16.2 Å². The zero-order chi connectivity index (χ0) is 23.3. The Bertz CT molecular complexity index is 890. The Morgan fingerprint density at radius 1 is 0.781 bits per heavy atom. The third kappa shape index (κ3) is 7.50. The van der Waals surface area contributed by atoms with E-state index in [9.17, 15) is 14.4 Å². The molecule has 0 aliphatic rings. The Morgan fingerprint density at radius 3 is 1.94 bits per heavy atom. The molecule has 0 fully saturated rings. The van der Waals surface area contributed by atoms with E-state index >= 15 is 0 Å². The quantitative estimate of drug-likeness (QED) is 0.458. The molecule has 0 spiro atoms. The first-order valence-corrected chi connectivity index (χ1v) is 10.4. The van der Waals surface area contributed by atoms with Crippen molar-refractivity contribution in [3.63, 3.8) is 0 Å². The molecule has 0 atom stereocenters.